The van der Waals surface area contributed by atoms with Crippen molar-refractivity contribution < 1.29 is 4.79 Å². The third-order valence-corrected chi connectivity index (χ3v) is 4.94. The molecule has 2 N–H and O–H groups in total. The van der Waals surface area contributed by atoms with E-state index in [2.05, 4.69) is 25.7 Å². The average molecular weight is 385 g/mol. The molecule has 0 unspecified atom stereocenters. The van der Waals surface area contributed by atoms with Crippen LogP contribution in [0.3, 0.4) is 0 Å². The van der Waals surface area contributed by atoms with Crippen LogP contribution < -0.4 is 10.6 Å². The lowest BCUT2D eigenvalue weighted by atomic mass is 10.1. The molecule has 7 nitrogen and oxygen atoms in total. The number of fused-ring (bicyclic) bond motifs is 1. The van der Waals surface area contributed by atoms with Gasteiger partial charge in [0, 0.05) is 35.8 Å². The quantitative estimate of drug-likeness (QED) is 0.458. The Kier molecular flexibility index (Phi) is 6.41. The summed E-state index contributed by atoms with van der Waals surface area (Å²) < 4.78 is 1.74. The summed E-state index contributed by atoms with van der Waals surface area (Å²) in [6.07, 6.45) is 0. The van der Waals surface area contributed by atoms with Crippen molar-refractivity contribution in [3.8, 4) is 0 Å². The van der Waals surface area contributed by atoms with Gasteiger partial charge in [-0.25, -0.2) is 9.50 Å². The predicted octanol–water partition coefficient (Wildman–Crippen LogP) is 2.37. The first-order valence-corrected chi connectivity index (χ1v) is 9.97. The zero-order chi connectivity index (χ0) is 19.2. The van der Waals surface area contributed by atoms with Gasteiger partial charge in [0.1, 0.15) is 0 Å². The summed E-state index contributed by atoms with van der Waals surface area (Å²) in [7, 11) is 0. The van der Waals surface area contributed by atoms with Crippen LogP contribution in [-0.2, 0) is 5.75 Å². The van der Waals surface area contributed by atoms with E-state index < -0.39 is 0 Å². The molecular formula is C19H24N6OS. The number of hydrogen-bond donors (Lipinski definition) is 2. The highest BCUT2D eigenvalue weighted by Gasteiger charge is 2.13. The highest BCUT2D eigenvalue weighted by atomic mass is 32.2. The van der Waals surface area contributed by atoms with Crippen molar-refractivity contribution in [2.75, 3.05) is 19.6 Å². The normalized spacial score (nSPS) is 11.1. The molecule has 0 aliphatic rings. The highest BCUT2D eigenvalue weighted by molar-refractivity contribution is 7.98. The molecule has 2 aromatic heterocycles. The van der Waals surface area contributed by atoms with Gasteiger partial charge in [-0.3, -0.25) is 4.79 Å². The third-order valence-electron chi connectivity index (χ3n) is 4.05. The zero-order valence-electron chi connectivity index (χ0n) is 15.8. The maximum Gasteiger partial charge on any atom is 0.253 e. The number of aromatic nitrogens is 4. The summed E-state index contributed by atoms with van der Waals surface area (Å²) in [5.74, 6) is 1.16. The number of amides is 1. The molecule has 2 heterocycles. The minimum atomic E-state index is -0.0554. The van der Waals surface area contributed by atoms with E-state index in [0.717, 1.165) is 30.0 Å². The van der Waals surface area contributed by atoms with Gasteiger partial charge in [-0.05, 0) is 38.1 Å². The molecule has 8 heteroatoms. The molecule has 0 spiro atoms. The molecule has 1 aromatic carbocycles. The fourth-order valence-corrected chi connectivity index (χ4v) is 3.58. The summed E-state index contributed by atoms with van der Waals surface area (Å²) in [6, 6.07) is 9.62. The van der Waals surface area contributed by atoms with Gasteiger partial charge in [-0.2, -0.15) is 4.98 Å². The van der Waals surface area contributed by atoms with E-state index in [0.29, 0.717) is 28.8 Å². The van der Waals surface area contributed by atoms with Crippen LogP contribution in [0.15, 0.2) is 35.5 Å². The first-order chi connectivity index (χ1) is 13.1. The molecule has 0 atom stereocenters. The van der Waals surface area contributed by atoms with Crippen LogP contribution in [-0.4, -0.2) is 45.1 Å². The number of carbonyl (C=O) groups is 1. The Hall–Kier alpha value is -2.45. The molecule has 3 aromatic rings. The lowest BCUT2D eigenvalue weighted by Crippen LogP contribution is -2.32. The lowest BCUT2D eigenvalue weighted by Gasteiger charge is -2.09. The molecule has 0 aliphatic carbocycles. The summed E-state index contributed by atoms with van der Waals surface area (Å²) in [5.41, 5.74) is 3.57. The monoisotopic (exact) mass is 384 g/mol. The standard InChI is InChI=1S/C19H24N6OS/c1-4-20-9-10-21-17(26)16-8-6-5-7-15(16)12-27-19-23-18-22-13(2)11-14(3)25(18)24-19/h5-8,11,20H,4,9-10,12H2,1-3H3,(H,21,26). The molecular weight excluding hydrogens is 360 g/mol. The van der Waals surface area contributed by atoms with Gasteiger partial charge in [0.15, 0.2) is 0 Å². The molecule has 142 valence electrons. The van der Waals surface area contributed by atoms with E-state index in [-0.39, 0.29) is 5.91 Å². The average Bonchev–Trinajstić information content (AvgIpc) is 3.07. The Morgan fingerprint density at radius 1 is 1.19 bits per heavy atom. The Morgan fingerprint density at radius 2 is 2.00 bits per heavy atom. The van der Waals surface area contributed by atoms with E-state index in [4.69, 9.17) is 0 Å². The largest absolute Gasteiger partial charge is 0.351 e. The van der Waals surface area contributed by atoms with Crippen LogP contribution in [0.1, 0.15) is 34.2 Å². The van der Waals surface area contributed by atoms with Gasteiger partial charge in [-0.1, -0.05) is 36.9 Å². The summed E-state index contributed by atoms with van der Waals surface area (Å²) in [4.78, 5) is 21.4. The number of aryl methyl sites for hydroxylation is 2. The van der Waals surface area contributed by atoms with Crippen molar-refractivity contribution in [3.05, 3.63) is 52.8 Å². The van der Waals surface area contributed by atoms with Crippen LogP contribution in [0.25, 0.3) is 5.78 Å². The lowest BCUT2D eigenvalue weighted by molar-refractivity contribution is 0.0953. The molecule has 0 fully saturated rings. The molecule has 0 aliphatic heterocycles. The van der Waals surface area contributed by atoms with Crippen molar-refractivity contribution in [3.63, 3.8) is 0 Å². The molecule has 0 saturated heterocycles. The fraction of sp³-hybridized carbons (Fsp3) is 0.368. The van der Waals surface area contributed by atoms with Crippen molar-refractivity contribution >= 4 is 23.4 Å². The highest BCUT2D eigenvalue weighted by Crippen LogP contribution is 2.22. The Balaban J connectivity index is 1.69. The minimum Gasteiger partial charge on any atom is -0.351 e. The van der Waals surface area contributed by atoms with Gasteiger partial charge in [0.05, 0.1) is 0 Å². The summed E-state index contributed by atoms with van der Waals surface area (Å²) >= 11 is 1.50. The number of hydrogen-bond acceptors (Lipinski definition) is 6. The van der Waals surface area contributed by atoms with Gasteiger partial charge in [0.25, 0.3) is 11.7 Å². The van der Waals surface area contributed by atoms with E-state index in [1.54, 1.807) is 4.52 Å². The summed E-state index contributed by atoms with van der Waals surface area (Å²) in [5, 5.41) is 11.3. The summed E-state index contributed by atoms with van der Waals surface area (Å²) in [6.45, 7) is 8.22. The maximum absolute atomic E-state index is 12.5. The van der Waals surface area contributed by atoms with Gasteiger partial charge in [0.2, 0.25) is 5.16 Å². The zero-order valence-corrected chi connectivity index (χ0v) is 16.6. The first kappa shape index (κ1) is 19.3. The molecule has 0 radical (unpaired) electrons. The van der Waals surface area contributed by atoms with Crippen LogP contribution >= 0.6 is 11.8 Å². The smallest absolute Gasteiger partial charge is 0.253 e. The molecule has 3 rings (SSSR count). The minimum absolute atomic E-state index is 0.0554. The number of nitrogens with one attached hydrogen (secondary N) is 2. The second kappa shape index (κ2) is 8.96. The Bertz CT molecular complexity index is 939. The fourth-order valence-electron chi connectivity index (χ4n) is 2.76. The Labute approximate surface area is 163 Å². The number of carbonyl (C=O) groups excluding carboxylic acids is 1. The maximum atomic E-state index is 12.5. The van der Waals surface area contributed by atoms with Crippen LogP contribution in [0, 0.1) is 13.8 Å². The number of benzene rings is 1. The van der Waals surface area contributed by atoms with E-state index in [1.165, 1.54) is 11.8 Å². The van der Waals surface area contributed by atoms with Crippen molar-refractivity contribution in [2.45, 2.75) is 31.7 Å². The number of nitrogens with zero attached hydrogens (tertiary/aromatic N) is 4. The van der Waals surface area contributed by atoms with E-state index in [1.807, 2.05) is 51.1 Å². The second-order valence-electron chi connectivity index (χ2n) is 6.20. The van der Waals surface area contributed by atoms with Gasteiger partial charge in [-0.15, -0.1) is 5.10 Å². The molecule has 27 heavy (non-hydrogen) atoms. The van der Waals surface area contributed by atoms with Crippen LogP contribution in [0.4, 0.5) is 0 Å². The predicted molar refractivity (Wildman–Crippen MR) is 107 cm³/mol. The Morgan fingerprint density at radius 3 is 2.81 bits per heavy atom. The number of rotatable bonds is 8. The van der Waals surface area contributed by atoms with Crippen molar-refractivity contribution in [2.24, 2.45) is 0 Å². The van der Waals surface area contributed by atoms with Gasteiger partial charge >= 0.3 is 0 Å². The van der Waals surface area contributed by atoms with Crippen molar-refractivity contribution in [1.82, 2.24) is 30.2 Å². The van der Waals surface area contributed by atoms with Gasteiger partial charge < -0.3 is 10.6 Å². The third kappa shape index (κ3) is 4.84. The molecule has 1 amide bonds. The van der Waals surface area contributed by atoms with Crippen molar-refractivity contribution in [1.29, 1.82) is 0 Å². The molecule has 0 bridgehead atoms. The SMILES string of the molecule is CCNCCNC(=O)c1ccccc1CSc1nc2nc(C)cc(C)n2n1. The second-order valence-corrected chi connectivity index (χ2v) is 7.14. The topological polar surface area (TPSA) is 84.2 Å². The first-order valence-electron chi connectivity index (χ1n) is 8.99. The van der Waals surface area contributed by atoms with Crippen LogP contribution in [0.2, 0.25) is 0 Å². The van der Waals surface area contributed by atoms with E-state index in [9.17, 15) is 4.79 Å². The molecule has 0 saturated carbocycles. The van der Waals surface area contributed by atoms with E-state index >= 15 is 0 Å². The number of likely N-dealkylation sites (N-methyl/N-ethyl adjacent to an activating group) is 1. The number of thioether (sulfide) groups is 1. The van der Waals surface area contributed by atoms with Crippen LogP contribution in [0.5, 0.6) is 0 Å².